The fourth-order valence-corrected chi connectivity index (χ4v) is 2.66. The third-order valence-corrected chi connectivity index (χ3v) is 4.28. The summed E-state index contributed by atoms with van der Waals surface area (Å²) in [6.07, 6.45) is 2.96. The summed E-state index contributed by atoms with van der Waals surface area (Å²) in [7, 11) is 1.57. The molecule has 2 aromatic carbocycles. The monoisotopic (exact) mass is 356 g/mol. The molecule has 25 heavy (non-hydrogen) atoms. The van der Waals surface area contributed by atoms with Gasteiger partial charge in [0.15, 0.2) is 0 Å². The molecule has 0 radical (unpaired) electrons. The molecule has 130 valence electrons. The van der Waals surface area contributed by atoms with Gasteiger partial charge >= 0.3 is 0 Å². The van der Waals surface area contributed by atoms with Gasteiger partial charge in [-0.1, -0.05) is 35.9 Å². The van der Waals surface area contributed by atoms with Crippen molar-refractivity contribution in [1.29, 1.82) is 0 Å². The first-order valence-corrected chi connectivity index (χ1v) is 8.66. The molecule has 2 N–H and O–H groups in total. The fourth-order valence-electron chi connectivity index (χ4n) is 1.96. The number of hydrogen-bond donors (Lipinski definition) is 2. The highest BCUT2D eigenvalue weighted by Crippen LogP contribution is 2.18. The van der Waals surface area contributed by atoms with E-state index in [1.54, 1.807) is 13.2 Å². The molecule has 0 aliphatic carbocycles. The first-order valence-electron chi connectivity index (χ1n) is 7.68. The molecule has 0 spiro atoms. The van der Waals surface area contributed by atoms with E-state index in [0.29, 0.717) is 5.75 Å². The first-order chi connectivity index (χ1) is 12.1. The second-order valence-corrected chi connectivity index (χ2v) is 6.26. The molecule has 0 heterocycles. The highest BCUT2D eigenvalue weighted by Gasteiger charge is 2.04. The number of thioether (sulfide) groups is 1. The van der Waals surface area contributed by atoms with Crippen molar-refractivity contribution >= 4 is 29.7 Å². The molecule has 0 saturated carbocycles. The maximum Gasteiger partial charge on any atom is 0.262 e. The first kappa shape index (κ1) is 18.6. The number of methoxy groups -OCH3 is 1. The SMILES string of the molecule is COc1ccccc1/C=C/C(=O)NNC(=O)CSc1ccc(C)cc1. The van der Waals surface area contributed by atoms with Gasteiger partial charge in [-0.2, -0.15) is 0 Å². The van der Waals surface area contributed by atoms with Crippen LogP contribution in [0.15, 0.2) is 59.5 Å². The predicted octanol–water partition coefficient (Wildman–Crippen LogP) is 2.96. The van der Waals surface area contributed by atoms with E-state index in [1.807, 2.05) is 55.5 Å². The van der Waals surface area contributed by atoms with Gasteiger partial charge in [0.25, 0.3) is 5.91 Å². The summed E-state index contributed by atoms with van der Waals surface area (Å²) in [4.78, 5) is 24.5. The molecule has 2 rings (SSSR count). The van der Waals surface area contributed by atoms with Gasteiger partial charge in [-0.15, -0.1) is 11.8 Å². The lowest BCUT2D eigenvalue weighted by molar-refractivity contribution is -0.125. The summed E-state index contributed by atoms with van der Waals surface area (Å²) in [5.41, 5.74) is 6.69. The number of hydrazine groups is 1. The Morgan fingerprint density at radius 3 is 2.52 bits per heavy atom. The van der Waals surface area contributed by atoms with Crippen molar-refractivity contribution < 1.29 is 14.3 Å². The molecular formula is C19H20N2O3S. The molecule has 2 aromatic rings. The maximum atomic E-state index is 11.8. The molecule has 0 aromatic heterocycles. The summed E-state index contributed by atoms with van der Waals surface area (Å²) in [5.74, 6) is 0.203. The van der Waals surface area contributed by atoms with Crippen molar-refractivity contribution in [2.75, 3.05) is 12.9 Å². The molecule has 0 fully saturated rings. The van der Waals surface area contributed by atoms with Crippen LogP contribution >= 0.6 is 11.8 Å². The van der Waals surface area contributed by atoms with Gasteiger partial charge in [0.2, 0.25) is 5.91 Å². The van der Waals surface area contributed by atoms with E-state index < -0.39 is 5.91 Å². The number of ether oxygens (including phenoxy) is 1. The Morgan fingerprint density at radius 1 is 1.08 bits per heavy atom. The molecule has 0 saturated heterocycles. The van der Waals surface area contributed by atoms with Crippen molar-refractivity contribution in [1.82, 2.24) is 10.9 Å². The van der Waals surface area contributed by atoms with Crippen LogP contribution in [0, 0.1) is 6.92 Å². The Labute approximate surface area is 151 Å². The van der Waals surface area contributed by atoms with E-state index in [9.17, 15) is 9.59 Å². The molecular weight excluding hydrogens is 336 g/mol. The molecule has 0 aliphatic rings. The Hall–Kier alpha value is -2.73. The zero-order valence-corrected chi connectivity index (χ0v) is 14.9. The van der Waals surface area contributed by atoms with Crippen LogP contribution in [-0.2, 0) is 9.59 Å². The summed E-state index contributed by atoms with van der Waals surface area (Å²) in [6.45, 7) is 2.01. The van der Waals surface area contributed by atoms with Gasteiger partial charge in [0, 0.05) is 16.5 Å². The van der Waals surface area contributed by atoms with Crippen molar-refractivity contribution in [2.45, 2.75) is 11.8 Å². The second-order valence-electron chi connectivity index (χ2n) is 5.21. The second kappa shape index (κ2) is 9.54. The van der Waals surface area contributed by atoms with Crippen molar-refractivity contribution in [2.24, 2.45) is 0 Å². The lowest BCUT2D eigenvalue weighted by atomic mass is 10.2. The van der Waals surface area contributed by atoms with Crippen LogP contribution in [0.2, 0.25) is 0 Å². The molecule has 0 atom stereocenters. The average Bonchev–Trinajstić information content (AvgIpc) is 2.64. The van der Waals surface area contributed by atoms with Crippen LogP contribution in [0.25, 0.3) is 6.08 Å². The number of hydrogen-bond acceptors (Lipinski definition) is 4. The summed E-state index contributed by atoms with van der Waals surface area (Å²) in [6, 6.07) is 15.2. The quantitative estimate of drug-likeness (QED) is 0.474. The van der Waals surface area contributed by atoms with Gasteiger partial charge in [-0.25, -0.2) is 0 Å². The number of amides is 2. The van der Waals surface area contributed by atoms with Crippen molar-refractivity contribution in [3.8, 4) is 5.75 Å². The summed E-state index contributed by atoms with van der Waals surface area (Å²) >= 11 is 1.41. The summed E-state index contributed by atoms with van der Waals surface area (Å²) in [5, 5.41) is 0. The highest BCUT2D eigenvalue weighted by atomic mass is 32.2. The van der Waals surface area contributed by atoms with Gasteiger partial charge in [-0.05, 0) is 31.2 Å². The zero-order valence-electron chi connectivity index (χ0n) is 14.1. The normalized spacial score (nSPS) is 10.5. The van der Waals surface area contributed by atoms with Crippen molar-refractivity contribution in [3.63, 3.8) is 0 Å². The van der Waals surface area contributed by atoms with Gasteiger partial charge in [0.1, 0.15) is 5.75 Å². The van der Waals surface area contributed by atoms with E-state index in [4.69, 9.17) is 4.74 Å². The van der Waals surface area contributed by atoms with Gasteiger partial charge in [0.05, 0.1) is 12.9 Å². The van der Waals surface area contributed by atoms with Crippen LogP contribution in [0.5, 0.6) is 5.75 Å². The number of rotatable bonds is 6. The number of nitrogens with one attached hydrogen (secondary N) is 2. The molecule has 0 unspecified atom stereocenters. The molecule has 0 bridgehead atoms. The van der Waals surface area contributed by atoms with E-state index in [-0.39, 0.29) is 11.7 Å². The standard InChI is InChI=1S/C19H20N2O3S/c1-14-7-10-16(11-8-14)25-13-19(23)21-20-18(22)12-9-15-5-3-4-6-17(15)24-2/h3-12H,13H2,1-2H3,(H,20,22)(H,21,23)/b12-9+. The Bertz CT molecular complexity index is 758. The lowest BCUT2D eigenvalue weighted by Crippen LogP contribution is -2.41. The third kappa shape index (κ3) is 6.35. The Balaban J connectivity index is 1.76. The summed E-state index contributed by atoms with van der Waals surface area (Å²) < 4.78 is 5.20. The topological polar surface area (TPSA) is 67.4 Å². The number of carbonyl (C=O) groups is 2. The largest absolute Gasteiger partial charge is 0.496 e. The van der Waals surface area contributed by atoms with Crippen LogP contribution in [0.4, 0.5) is 0 Å². The van der Waals surface area contributed by atoms with E-state index in [1.165, 1.54) is 23.4 Å². The molecule has 0 aliphatic heterocycles. The number of aryl methyl sites for hydroxylation is 1. The average molecular weight is 356 g/mol. The molecule has 5 nitrogen and oxygen atoms in total. The van der Waals surface area contributed by atoms with Crippen LogP contribution in [0.3, 0.4) is 0 Å². The maximum absolute atomic E-state index is 11.8. The van der Waals surface area contributed by atoms with E-state index >= 15 is 0 Å². The van der Waals surface area contributed by atoms with Gasteiger partial charge in [-0.3, -0.25) is 20.4 Å². The minimum atomic E-state index is -0.417. The van der Waals surface area contributed by atoms with Crippen LogP contribution in [0.1, 0.15) is 11.1 Å². The minimum absolute atomic E-state index is 0.222. The molecule has 2 amide bonds. The molecule has 6 heteroatoms. The highest BCUT2D eigenvalue weighted by molar-refractivity contribution is 8.00. The van der Waals surface area contributed by atoms with Gasteiger partial charge < -0.3 is 4.74 Å². The Morgan fingerprint density at radius 2 is 1.80 bits per heavy atom. The number of para-hydroxylation sites is 1. The number of carbonyl (C=O) groups excluding carboxylic acids is 2. The predicted molar refractivity (Wildman–Crippen MR) is 100 cm³/mol. The van der Waals surface area contributed by atoms with Crippen molar-refractivity contribution in [3.05, 3.63) is 65.7 Å². The minimum Gasteiger partial charge on any atom is -0.496 e. The Kier molecular flexibility index (Phi) is 7.10. The number of benzene rings is 2. The lowest BCUT2D eigenvalue weighted by Gasteiger charge is -2.06. The zero-order chi connectivity index (χ0) is 18.1. The van der Waals surface area contributed by atoms with Crippen LogP contribution < -0.4 is 15.6 Å². The third-order valence-electron chi connectivity index (χ3n) is 3.27. The van der Waals surface area contributed by atoms with E-state index in [2.05, 4.69) is 10.9 Å². The van der Waals surface area contributed by atoms with E-state index in [0.717, 1.165) is 10.5 Å². The fraction of sp³-hybridized carbons (Fsp3) is 0.158. The van der Waals surface area contributed by atoms with Crippen LogP contribution in [-0.4, -0.2) is 24.7 Å². The smallest absolute Gasteiger partial charge is 0.262 e.